The summed E-state index contributed by atoms with van der Waals surface area (Å²) < 4.78 is 69.1. The maximum Gasteiger partial charge on any atom is 0.573 e. The molecule has 0 bridgehead atoms. The van der Waals surface area contributed by atoms with Gasteiger partial charge < -0.3 is 4.74 Å². The van der Waals surface area contributed by atoms with Crippen LogP contribution in [-0.2, 0) is 5.92 Å². The van der Waals surface area contributed by atoms with Gasteiger partial charge in [0.05, 0.1) is 23.5 Å². The molecule has 2 heterocycles. The summed E-state index contributed by atoms with van der Waals surface area (Å²) in [6.45, 7) is 2.35. The number of aromatic nitrogens is 3. The molecule has 3 aromatic rings. The van der Waals surface area contributed by atoms with Crippen LogP contribution in [0.1, 0.15) is 18.1 Å². The first-order valence-electron chi connectivity index (χ1n) is 7.14. The van der Waals surface area contributed by atoms with Gasteiger partial charge in [0.1, 0.15) is 5.75 Å². The van der Waals surface area contributed by atoms with Gasteiger partial charge in [0.25, 0.3) is 5.92 Å². The molecule has 132 valence electrons. The summed E-state index contributed by atoms with van der Waals surface area (Å²) >= 11 is 0. The first-order valence-corrected chi connectivity index (χ1v) is 7.14. The highest BCUT2D eigenvalue weighted by atomic mass is 19.4. The summed E-state index contributed by atoms with van der Waals surface area (Å²) in [5, 5.41) is 7.75. The standard InChI is InChI=1S/C16H12F5N3O/c1-9-5-11(25-16(19,20)21)3-4-12(9)10-6-14-13(15(2,17)18)8-23-24(14)22-7-10/h3-8H,1-2H3. The lowest BCUT2D eigenvalue weighted by Gasteiger charge is -2.12. The second-order valence-electron chi connectivity index (χ2n) is 5.59. The topological polar surface area (TPSA) is 39.4 Å². The van der Waals surface area contributed by atoms with E-state index in [0.29, 0.717) is 16.7 Å². The molecule has 0 radical (unpaired) electrons. The van der Waals surface area contributed by atoms with E-state index in [9.17, 15) is 22.0 Å². The number of rotatable bonds is 3. The van der Waals surface area contributed by atoms with Crippen LogP contribution in [0.2, 0.25) is 0 Å². The minimum absolute atomic E-state index is 0.125. The van der Waals surface area contributed by atoms with Gasteiger partial charge in [-0.25, -0.2) is 8.78 Å². The molecular weight excluding hydrogens is 345 g/mol. The maximum absolute atomic E-state index is 13.6. The Labute approximate surface area is 138 Å². The van der Waals surface area contributed by atoms with Gasteiger partial charge in [0, 0.05) is 12.5 Å². The second kappa shape index (κ2) is 5.68. The second-order valence-corrected chi connectivity index (χ2v) is 5.59. The van der Waals surface area contributed by atoms with Crippen molar-refractivity contribution in [3.05, 3.63) is 47.8 Å². The zero-order valence-electron chi connectivity index (χ0n) is 13.1. The molecule has 0 spiro atoms. The van der Waals surface area contributed by atoms with Crippen molar-refractivity contribution in [3.8, 4) is 16.9 Å². The summed E-state index contributed by atoms with van der Waals surface area (Å²) in [7, 11) is 0. The summed E-state index contributed by atoms with van der Waals surface area (Å²) in [5.74, 6) is -3.45. The lowest BCUT2D eigenvalue weighted by atomic mass is 10.0. The summed E-state index contributed by atoms with van der Waals surface area (Å²) in [6.07, 6.45) is -2.34. The summed E-state index contributed by atoms with van der Waals surface area (Å²) in [6, 6.07) is 5.27. The lowest BCUT2D eigenvalue weighted by Crippen LogP contribution is -2.17. The van der Waals surface area contributed by atoms with Gasteiger partial charge in [-0.05, 0) is 36.2 Å². The molecule has 0 fully saturated rings. The molecule has 0 N–H and O–H groups in total. The molecule has 3 rings (SSSR count). The predicted molar refractivity (Wildman–Crippen MR) is 79.4 cm³/mol. The van der Waals surface area contributed by atoms with Crippen LogP contribution in [0, 0.1) is 6.92 Å². The molecule has 1 aromatic carbocycles. The normalized spacial score (nSPS) is 12.6. The van der Waals surface area contributed by atoms with Gasteiger partial charge in [-0.2, -0.15) is 14.8 Å². The van der Waals surface area contributed by atoms with Crippen LogP contribution in [0.4, 0.5) is 22.0 Å². The van der Waals surface area contributed by atoms with Crippen molar-refractivity contribution >= 4 is 5.52 Å². The minimum atomic E-state index is -4.78. The van der Waals surface area contributed by atoms with Gasteiger partial charge in [-0.1, -0.05) is 6.07 Å². The maximum atomic E-state index is 13.6. The fourth-order valence-electron chi connectivity index (χ4n) is 2.52. The number of hydrogen-bond donors (Lipinski definition) is 0. The van der Waals surface area contributed by atoms with E-state index in [1.54, 1.807) is 6.92 Å². The lowest BCUT2D eigenvalue weighted by molar-refractivity contribution is -0.274. The van der Waals surface area contributed by atoms with Gasteiger partial charge in [-0.15, -0.1) is 13.2 Å². The molecule has 9 heteroatoms. The molecule has 0 saturated heterocycles. The summed E-state index contributed by atoms with van der Waals surface area (Å²) in [5.41, 5.74) is 1.36. The zero-order valence-corrected chi connectivity index (χ0v) is 13.1. The first-order chi connectivity index (χ1) is 11.5. The third-order valence-corrected chi connectivity index (χ3v) is 3.60. The van der Waals surface area contributed by atoms with E-state index < -0.39 is 12.3 Å². The molecule has 0 atom stereocenters. The number of benzene rings is 1. The highest BCUT2D eigenvalue weighted by molar-refractivity contribution is 5.72. The molecule has 0 amide bonds. The minimum Gasteiger partial charge on any atom is -0.406 e. The smallest absolute Gasteiger partial charge is 0.406 e. The Morgan fingerprint density at radius 2 is 1.68 bits per heavy atom. The molecule has 0 aliphatic carbocycles. The van der Waals surface area contributed by atoms with Gasteiger partial charge >= 0.3 is 6.36 Å². The number of aryl methyl sites for hydroxylation is 1. The molecule has 0 saturated carbocycles. The zero-order chi connectivity index (χ0) is 18.4. The Morgan fingerprint density at radius 1 is 1.00 bits per heavy atom. The van der Waals surface area contributed by atoms with E-state index in [2.05, 4.69) is 14.9 Å². The molecular formula is C16H12F5N3O. The molecule has 0 aliphatic heterocycles. The number of ether oxygens (including phenoxy) is 1. The molecule has 0 unspecified atom stereocenters. The Kier molecular flexibility index (Phi) is 3.89. The summed E-state index contributed by atoms with van der Waals surface area (Å²) in [4.78, 5) is 0. The van der Waals surface area contributed by atoms with Gasteiger partial charge in [-0.3, -0.25) is 0 Å². The number of halogens is 5. The number of alkyl halides is 5. The quantitative estimate of drug-likeness (QED) is 0.637. The van der Waals surface area contributed by atoms with Crippen molar-refractivity contribution < 1.29 is 26.7 Å². The Bertz CT molecular complexity index is 928. The SMILES string of the molecule is Cc1cc(OC(F)(F)F)ccc1-c1cnn2ncc(C(C)(F)F)c2c1. The van der Waals surface area contributed by atoms with Crippen LogP contribution in [0.25, 0.3) is 16.6 Å². The first kappa shape index (κ1) is 17.1. The highest BCUT2D eigenvalue weighted by Crippen LogP contribution is 2.33. The third-order valence-electron chi connectivity index (χ3n) is 3.60. The van der Waals surface area contributed by atoms with Crippen LogP contribution >= 0.6 is 0 Å². The van der Waals surface area contributed by atoms with Crippen molar-refractivity contribution in [1.29, 1.82) is 0 Å². The molecule has 25 heavy (non-hydrogen) atoms. The van der Waals surface area contributed by atoms with Gasteiger partial charge in [0.2, 0.25) is 0 Å². The van der Waals surface area contributed by atoms with E-state index in [1.807, 2.05) is 0 Å². The molecule has 4 nitrogen and oxygen atoms in total. The fourth-order valence-corrected chi connectivity index (χ4v) is 2.52. The number of nitrogens with zero attached hydrogens (tertiary/aromatic N) is 3. The average Bonchev–Trinajstić information content (AvgIpc) is 2.88. The van der Waals surface area contributed by atoms with E-state index in [0.717, 1.165) is 23.8 Å². The third kappa shape index (κ3) is 3.54. The van der Waals surface area contributed by atoms with E-state index in [-0.39, 0.29) is 16.8 Å². The van der Waals surface area contributed by atoms with Crippen LogP contribution < -0.4 is 4.74 Å². The van der Waals surface area contributed by atoms with Crippen LogP contribution in [0.5, 0.6) is 5.75 Å². The Balaban J connectivity index is 2.04. The molecule has 0 aliphatic rings. The van der Waals surface area contributed by atoms with Crippen molar-refractivity contribution in [2.24, 2.45) is 0 Å². The van der Waals surface area contributed by atoms with E-state index >= 15 is 0 Å². The monoisotopic (exact) mass is 357 g/mol. The van der Waals surface area contributed by atoms with Gasteiger partial charge in [0.15, 0.2) is 0 Å². The van der Waals surface area contributed by atoms with E-state index in [4.69, 9.17) is 0 Å². The largest absolute Gasteiger partial charge is 0.573 e. The predicted octanol–water partition coefficient (Wildman–Crippen LogP) is 4.72. The van der Waals surface area contributed by atoms with Crippen molar-refractivity contribution in [3.63, 3.8) is 0 Å². The highest BCUT2D eigenvalue weighted by Gasteiger charge is 2.31. The number of hydrogen-bond acceptors (Lipinski definition) is 3. The fraction of sp³-hybridized carbons (Fsp3) is 0.250. The van der Waals surface area contributed by atoms with Crippen molar-refractivity contribution in [2.75, 3.05) is 0 Å². The Morgan fingerprint density at radius 3 is 2.28 bits per heavy atom. The van der Waals surface area contributed by atoms with Crippen molar-refractivity contribution in [2.45, 2.75) is 26.1 Å². The van der Waals surface area contributed by atoms with Crippen LogP contribution in [0.15, 0.2) is 36.7 Å². The van der Waals surface area contributed by atoms with Crippen LogP contribution in [0.3, 0.4) is 0 Å². The van der Waals surface area contributed by atoms with E-state index in [1.165, 1.54) is 24.4 Å². The Hall–Kier alpha value is -2.71. The average molecular weight is 357 g/mol. The van der Waals surface area contributed by atoms with Crippen molar-refractivity contribution in [1.82, 2.24) is 14.8 Å². The van der Waals surface area contributed by atoms with Crippen LogP contribution in [-0.4, -0.2) is 21.2 Å². The number of fused-ring (bicyclic) bond motifs is 1. The molecule has 2 aromatic heterocycles.